The number of pyridine rings is 1. The zero-order valence-corrected chi connectivity index (χ0v) is 13.9. The van der Waals surface area contributed by atoms with Crippen LogP contribution in [0, 0.1) is 5.82 Å². The van der Waals surface area contributed by atoms with Gasteiger partial charge in [0.25, 0.3) is 11.5 Å². The molecule has 3 aromatic rings. The van der Waals surface area contributed by atoms with Crippen LogP contribution in [0.4, 0.5) is 10.1 Å². The van der Waals surface area contributed by atoms with E-state index in [1.165, 1.54) is 18.2 Å². The molecule has 0 fully saturated rings. The van der Waals surface area contributed by atoms with E-state index >= 15 is 0 Å². The first-order chi connectivity index (χ1) is 11.5. The summed E-state index contributed by atoms with van der Waals surface area (Å²) >= 11 is 3.33. The van der Waals surface area contributed by atoms with Crippen molar-refractivity contribution in [1.82, 2.24) is 4.98 Å². The van der Waals surface area contributed by atoms with Crippen LogP contribution in [0.3, 0.4) is 0 Å². The number of anilines is 1. The van der Waals surface area contributed by atoms with Gasteiger partial charge >= 0.3 is 0 Å². The number of halogens is 2. The Balaban J connectivity index is 1.87. The Labute approximate surface area is 145 Å². The van der Waals surface area contributed by atoms with Gasteiger partial charge in [-0.3, -0.25) is 9.59 Å². The average molecular weight is 387 g/mol. The summed E-state index contributed by atoms with van der Waals surface area (Å²) in [6.45, 7) is 0. The number of benzene rings is 2. The van der Waals surface area contributed by atoms with Crippen molar-refractivity contribution in [2.75, 3.05) is 5.32 Å². The lowest BCUT2D eigenvalue weighted by atomic mass is 10.1. The molecule has 1 amide bonds. The van der Waals surface area contributed by atoms with E-state index in [0.29, 0.717) is 16.9 Å². The van der Waals surface area contributed by atoms with Crippen molar-refractivity contribution in [3.8, 4) is 11.3 Å². The third-order valence-electron chi connectivity index (χ3n) is 3.43. The van der Waals surface area contributed by atoms with Gasteiger partial charge in [-0.15, -0.1) is 0 Å². The highest BCUT2D eigenvalue weighted by atomic mass is 79.9. The molecule has 2 N–H and O–H groups in total. The molecule has 0 radical (unpaired) electrons. The van der Waals surface area contributed by atoms with Crippen molar-refractivity contribution in [3.05, 3.63) is 86.9 Å². The van der Waals surface area contributed by atoms with Crippen molar-refractivity contribution >= 4 is 27.5 Å². The average Bonchev–Trinajstić information content (AvgIpc) is 2.57. The fraction of sp³-hybridized carbons (Fsp3) is 0. The molecule has 0 unspecified atom stereocenters. The van der Waals surface area contributed by atoms with Crippen LogP contribution in [0.5, 0.6) is 0 Å². The molecule has 3 rings (SSSR count). The molecule has 1 heterocycles. The van der Waals surface area contributed by atoms with Gasteiger partial charge in [0.05, 0.1) is 5.69 Å². The van der Waals surface area contributed by atoms with Gasteiger partial charge < -0.3 is 10.3 Å². The van der Waals surface area contributed by atoms with Crippen LogP contribution >= 0.6 is 15.9 Å². The highest BCUT2D eigenvalue weighted by Gasteiger charge is 2.13. The van der Waals surface area contributed by atoms with E-state index in [1.807, 2.05) is 6.07 Å². The Hall–Kier alpha value is -2.73. The van der Waals surface area contributed by atoms with Gasteiger partial charge in [-0.25, -0.2) is 4.39 Å². The second-order valence-corrected chi connectivity index (χ2v) is 5.91. The number of hydrogen-bond donors (Lipinski definition) is 2. The maximum absolute atomic E-state index is 13.0. The molecule has 2 aromatic carbocycles. The van der Waals surface area contributed by atoms with E-state index < -0.39 is 11.5 Å². The number of para-hydroxylation sites is 1. The van der Waals surface area contributed by atoms with Crippen LogP contribution in [0.25, 0.3) is 11.3 Å². The summed E-state index contributed by atoms with van der Waals surface area (Å²) in [4.78, 5) is 27.1. The molecule has 0 aliphatic rings. The number of amides is 1. The Morgan fingerprint density at radius 3 is 2.38 bits per heavy atom. The van der Waals surface area contributed by atoms with Gasteiger partial charge in [-0.05, 0) is 70.0 Å². The van der Waals surface area contributed by atoms with Gasteiger partial charge in [0.15, 0.2) is 0 Å². The predicted molar refractivity (Wildman–Crippen MR) is 94.6 cm³/mol. The Kier molecular flexibility index (Phi) is 4.57. The molecule has 0 saturated heterocycles. The van der Waals surface area contributed by atoms with Crippen LogP contribution in [-0.4, -0.2) is 10.9 Å². The first-order valence-electron chi connectivity index (χ1n) is 7.10. The molecule has 0 aliphatic heterocycles. The molecule has 1 aromatic heterocycles. The summed E-state index contributed by atoms with van der Waals surface area (Å²) in [6.07, 6.45) is 0. The zero-order valence-electron chi connectivity index (χ0n) is 12.3. The Morgan fingerprint density at radius 1 is 1.00 bits per heavy atom. The number of aromatic amines is 1. The van der Waals surface area contributed by atoms with E-state index in [0.717, 1.165) is 4.47 Å². The summed E-state index contributed by atoms with van der Waals surface area (Å²) in [5, 5.41) is 2.68. The quantitative estimate of drug-likeness (QED) is 0.708. The minimum atomic E-state index is -0.513. The minimum absolute atomic E-state index is 0.00313. The highest BCUT2D eigenvalue weighted by Crippen LogP contribution is 2.22. The second-order valence-electron chi connectivity index (χ2n) is 5.06. The SMILES string of the molecule is O=C(Nc1ccccc1Br)c1ccc(-c2ccc(F)cc2)[nH]c1=O. The molecule has 0 spiro atoms. The molecule has 120 valence electrons. The van der Waals surface area contributed by atoms with E-state index in [-0.39, 0.29) is 11.4 Å². The second kappa shape index (κ2) is 6.80. The molecule has 0 saturated carbocycles. The molecular formula is C18H12BrFN2O2. The fourth-order valence-electron chi connectivity index (χ4n) is 2.20. The van der Waals surface area contributed by atoms with E-state index in [9.17, 15) is 14.0 Å². The predicted octanol–water partition coefficient (Wildman–Crippen LogP) is 4.20. The van der Waals surface area contributed by atoms with Gasteiger partial charge in [0, 0.05) is 10.2 Å². The van der Waals surface area contributed by atoms with Gasteiger partial charge in [-0.2, -0.15) is 0 Å². The largest absolute Gasteiger partial charge is 0.321 e. The van der Waals surface area contributed by atoms with E-state index in [4.69, 9.17) is 0 Å². The van der Waals surface area contributed by atoms with Crippen molar-refractivity contribution in [1.29, 1.82) is 0 Å². The molecule has 0 aliphatic carbocycles. The number of aromatic nitrogens is 1. The molecule has 24 heavy (non-hydrogen) atoms. The summed E-state index contributed by atoms with van der Waals surface area (Å²) in [5.41, 5.74) is 1.23. The Bertz CT molecular complexity index is 952. The van der Waals surface area contributed by atoms with Gasteiger partial charge in [-0.1, -0.05) is 12.1 Å². The van der Waals surface area contributed by atoms with Gasteiger partial charge in [0.1, 0.15) is 11.4 Å². The number of carbonyl (C=O) groups excluding carboxylic acids is 1. The van der Waals surface area contributed by atoms with Gasteiger partial charge in [0.2, 0.25) is 0 Å². The molecular weight excluding hydrogens is 375 g/mol. The lowest BCUT2D eigenvalue weighted by molar-refractivity contribution is 0.102. The normalized spacial score (nSPS) is 10.4. The Morgan fingerprint density at radius 2 is 1.71 bits per heavy atom. The van der Waals surface area contributed by atoms with E-state index in [2.05, 4.69) is 26.2 Å². The highest BCUT2D eigenvalue weighted by molar-refractivity contribution is 9.10. The molecule has 4 nitrogen and oxygen atoms in total. The van der Waals surface area contributed by atoms with Crippen molar-refractivity contribution in [3.63, 3.8) is 0 Å². The van der Waals surface area contributed by atoms with Crippen LogP contribution in [-0.2, 0) is 0 Å². The monoisotopic (exact) mass is 386 g/mol. The maximum Gasteiger partial charge on any atom is 0.261 e. The summed E-state index contributed by atoms with van der Waals surface area (Å²) in [7, 11) is 0. The van der Waals surface area contributed by atoms with Crippen molar-refractivity contribution < 1.29 is 9.18 Å². The van der Waals surface area contributed by atoms with E-state index in [1.54, 1.807) is 36.4 Å². The number of H-pyrrole nitrogens is 1. The molecule has 0 atom stereocenters. The maximum atomic E-state index is 13.0. The number of hydrogen-bond acceptors (Lipinski definition) is 2. The summed E-state index contributed by atoms with van der Waals surface area (Å²) in [5.74, 6) is -0.862. The lowest BCUT2D eigenvalue weighted by Crippen LogP contribution is -2.23. The van der Waals surface area contributed by atoms with Crippen LogP contribution in [0.2, 0.25) is 0 Å². The van der Waals surface area contributed by atoms with Crippen LogP contribution in [0.1, 0.15) is 10.4 Å². The third kappa shape index (κ3) is 3.44. The van der Waals surface area contributed by atoms with Crippen molar-refractivity contribution in [2.24, 2.45) is 0 Å². The number of carbonyl (C=O) groups is 1. The zero-order chi connectivity index (χ0) is 17.1. The van der Waals surface area contributed by atoms with Crippen LogP contribution < -0.4 is 10.9 Å². The topological polar surface area (TPSA) is 62.0 Å². The standard InChI is InChI=1S/C18H12BrFN2O2/c19-14-3-1-2-4-16(14)22-18(24)13-9-10-15(21-17(13)23)11-5-7-12(20)8-6-11/h1-10H,(H,21,23)(H,22,24). The first kappa shape index (κ1) is 16.1. The van der Waals surface area contributed by atoms with Crippen LogP contribution in [0.15, 0.2) is 69.9 Å². The number of rotatable bonds is 3. The first-order valence-corrected chi connectivity index (χ1v) is 7.89. The van der Waals surface area contributed by atoms with Crippen molar-refractivity contribution in [2.45, 2.75) is 0 Å². The molecule has 0 bridgehead atoms. The lowest BCUT2D eigenvalue weighted by Gasteiger charge is -2.07. The third-order valence-corrected chi connectivity index (χ3v) is 4.12. The summed E-state index contributed by atoms with van der Waals surface area (Å²) in [6, 6.07) is 15.9. The minimum Gasteiger partial charge on any atom is -0.321 e. The fourth-order valence-corrected chi connectivity index (χ4v) is 2.59. The molecule has 6 heteroatoms. The summed E-state index contributed by atoms with van der Waals surface area (Å²) < 4.78 is 13.7. The number of nitrogens with one attached hydrogen (secondary N) is 2. The smallest absolute Gasteiger partial charge is 0.261 e.